The molecule has 1 N–H and O–H groups in total. The monoisotopic (exact) mass is 251 g/mol. The molecule has 2 heterocycles. The van der Waals surface area contributed by atoms with Gasteiger partial charge < -0.3 is 10.1 Å². The zero-order chi connectivity index (χ0) is 12.3. The Balaban J connectivity index is 2.30. The van der Waals surface area contributed by atoms with E-state index in [1.807, 2.05) is 6.92 Å². The van der Waals surface area contributed by atoms with Gasteiger partial charge in [-0.3, -0.25) is 4.98 Å². The lowest BCUT2D eigenvalue weighted by molar-refractivity contribution is 0.435. The Morgan fingerprint density at radius 1 is 1.29 bits per heavy atom. The van der Waals surface area contributed by atoms with Crippen molar-refractivity contribution < 1.29 is 4.74 Å². The van der Waals surface area contributed by atoms with Crippen molar-refractivity contribution >= 4 is 17.5 Å². The molecule has 2 aromatic rings. The zero-order valence-electron chi connectivity index (χ0n) is 9.31. The van der Waals surface area contributed by atoms with Gasteiger partial charge in [-0.1, -0.05) is 0 Å². The van der Waals surface area contributed by atoms with Gasteiger partial charge in [-0.15, -0.1) is 0 Å². The molecule has 0 spiro atoms. The average molecular weight is 252 g/mol. The highest BCUT2D eigenvalue weighted by molar-refractivity contribution is 6.28. The smallest absolute Gasteiger partial charge is 0.328 e. The number of hydrogen-bond donors (Lipinski definition) is 1. The van der Waals surface area contributed by atoms with E-state index in [2.05, 4.69) is 25.3 Å². The normalized spacial score (nSPS) is 10.1. The van der Waals surface area contributed by atoms with Crippen molar-refractivity contribution in [3.63, 3.8) is 0 Å². The van der Waals surface area contributed by atoms with E-state index in [9.17, 15) is 0 Å². The van der Waals surface area contributed by atoms with Crippen molar-refractivity contribution in [2.45, 2.75) is 6.92 Å². The highest BCUT2D eigenvalue weighted by Gasteiger charge is 2.07. The van der Waals surface area contributed by atoms with Gasteiger partial charge in [0.15, 0.2) is 5.75 Å². The lowest BCUT2D eigenvalue weighted by Gasteiger charge is -2.06. The van der Waals surface area contributed by atoms with Crippen LogP contribution < -0.4 is 10.1 Å². The van der Waals surface area contributed by atoms with E-state index in [1.165, 1.54) is 0 Å². The molecule has 0 radical (unpaired) electrons. The third-order valence-electron chi connectivity index (χ3n) is 1.97. The fourth-order valence-electron chi connectivity index (χ4n) is 1.17. The van der Waals surface area contributed by atoms with Crippen LogP contribution in [0.1, 0.15) is 5.69 Å². The van der Waals surface area contributed by atoms with Gasteiger partial charge >= 0.3 is 6.01 Å². The van der Waals surface area contributed by atoms with E-state index in [0.717, 1.165) is 5.69 Å². The molecule has 0 fully saturated rings. The first-order valence-corrected chi connectivity index (χ1v) is 5.25. The first-order valence-electron chi connectivity index (χ1n) is 4.88. The first-order chi connectivity index (χ1) is 8.19. The van der Waals surface area contributed by atoms with Gasteiger partial charge in [0.05, 0.1) is 5.69 Å². The van der Waals surface area contributed by atoms with Crippen molar-refractivity contribution in [2.24, 2.45) is 0 Å². The van der Waals surface area contributed by atoms with Crippen LogP contribution in [0, 0.1) is 6.92 Å². The molecule has 0 aliphatic rings. The minimum atomic E-state index is 0.0703. The molecule has 7 heteroatoms. The average Bonchev–Trinajstić information content (AvgIpc) is 2.31. The van der Waals surface area contributed by atoms with E-state index in [1.54, 1.807) is 25.4 Å². The van der Waals surface area contributed by atoms with E-state index in [-0.39, 0.29) is 11.3 Å². The minimum Gasteiger partial charge on any atom is -0.422 e. The van der Waals surface area contributed by atoms with Crippen LogP contribution in [0.25, 0.3) is 0 Å². The molecular formula is C10H10ClN5O. The molecule has 17 heavy (non-hydrogen) atoms. The van der Waals surface area contributed by atoms with Crippen molar-refractivity contribution in [3.8, 4) is 11.8 Å². The highest BCUT2D eigenvalue weighted by atomic mass is 35.5. The molecule has 2 aromatic heterocycles. The zero-order valence-corrected chi connectivity index (χ0v) is 10.1. The maximum atomic E-state index is 5.74. The molecule has 88 valence electrons. The number of nitrogens with one attached hydrogen (secondary N) is 1. The molecule has 6 nitrogen and oxygen atoms in total. The summed E-state index contributed by atoms with van der Waals surface area (Å²) in [7, 11) is 1.69. The van der Waals surface area contributed by atoms with Crippen molar-refractivity contribution in [1.82, 2.24) is 19.9 Å². The molecule has 0 amide bonds. The van der Waals surface area contributed by atoms with Crippen molar-refractivity contribution in [3.05, 3.63) is 29.3 Å². The topological polar surface area (TPSA) is 72.8 Å². The molecule has 2 rings (SSSR count). The lowest BCUT2D eigenvalue weighted by Crippen LogP contribution is -2.01. The van der Waals surface area contributed by atoms with Gasteiger partial charge in [0.25, 0.3) is 0 Å². The Morgan fingerprint density at radius 2 is 2.12 bits per heavy atom. The number of hydrogen-bond acceptors (Lipinski definition) is 6. The summed E-state index contributed by atoms with van der Waals surface area (Å²) in [6, 6.07) is 3.67. The largest absolute Gasteiger partial charge is 0.422 e. The van der Waals surface area contributed by atoms with Crippen LogP contribution in [0.2, 0.25) is 5.28 Å². The van der Waals surface area contributed by atoms with Crippen LogP contribution in [0.3, 0.4) is 0 Å². The number of rotatable bonds is 3. The minimum absolute atomic E-state index is 0.0703. The van der Waals surface area contributed by atoms with Gasteiger partial charge in [-0.25, -0.2) is 0 Å². The quantitative estimate of drug-likeness (QED) is 0.900. The predicted molar refractivity (Wildman–Crippen MR) is 63.4 cm³/mol. The fourth-order valence-corrected chi connectivity index (χ4v) is 1.32. The van der Waals surface area contributed by atoms with E-state index in [4.69, 9.17) is 16.3 Å². The molecule has 0 saturated carbocycles. The number of pyridine rings is 1. The summed E-state index contributed by atoms with van der Waals surface area (Å²) < 4.78 is 5.48. The molecular weight excluding hydrogens is 242 g/mol. The number of halogens is 1. The summed E-state index contributed by atoms with van der Waals surface area (Å²) in [6.45, 7) is 1.83. The Labute approximate surface area is 103 Å². The molecule has 0 aliphatic carbocycles. The van der Waals surface area contributed by atoms with Crippen LogP contribution in [0.4, 0.5) is 5.95 Å². The number of aromatic nitrogens is 4. The maximum Gasteiger partial charge on any atom is 0.328 e. The number of ether oxygens (including phenoxy) is 1. The number of aryl methyl sites for hydroxylation is 1. The summed E-state index contributed by atoms with van der Waals surface area (Å²) in [5.74, 6) is 0.929. The Kier molecular flexibility index (Phi) is 3.34. The molecule has 0 saturated heterocycles. The third kappa shape index (κ3) is 2.79. The second-order valence-corrected chi connectivity index (χ2v) is 3.49. The van der Waals surface area contributed by atoms with Crippen molar-refractivity contribution in [1.29, 1.82) is 0 Å². The maximum absolute atomic E-state index is 5.74. The third-order valence-corrected chi connectivity index (χ3v) is 2.14. The summed E-state index contributed by atoms with van der Waals surface area (Å²) >= 11 is 5.74. The number of anilines is 1. The van der Waals surface area contributed by atoms with E-state index < -0.39 is 0 Å². The van der Waals surface area contributed by atoms with Crippen LogP contribution >= 0.6 is 11.6 Å². The predicted octanol–water partition coefficient (Wildman–Crippen LogP) is 2.06. The van der Waals surface area contributed by atoms with Gasteiger partial charge in [0, 0.05) is 13.2 Å². The molecule has 0 aromatic carbocycles. The van der Waals surface area contributed by atoms with Crippen LogP contribution in [0.15, 0.2) is 18.3 Å². The fraction of sp³-hybridized carbons (Fsp3) is 0.200. The van der Waals surface area contributed by atoms with Gasteiger partial charge in [0.2, 0.25) is 11.2 Å². The highest BCUT2D eigenvalue weighted by Crippen LogP contribution is 2.21. The molecule has 0 aliphatic heterocycles. The van der Waals surface area contributed by atoms with E-state index in [0.29, 0.717) is 11.7 Å². The van der Waals surface area contributed by atoms with Crippen LogP contribution in [-0.2, 0) is 0 Å². The summed E-state index contributed by atoms with van der Waals surface area (Å²) in [5, 5.41) is 2.84. The van der Waals surface area contributed by atoms with Gasteiger partial charge in [-0.2, -0.15) is 15.0 Å². The molecule has 0 unspecified atom stereocenters. The number of nitrogens with zero attached hydrogens (tertiary/aromatic N) is 4. The van der Waals surface area contributed by atoms with Gasteiger partial charge in [0.1, 0.15) is 0 Å². The summed E-state index contributed by atoms with van der Waals surface area (Å²) in [4.78, 5) is 15.8. The lowest BCUT2D eigenvalue weighted by atomic mass is 10.3. The Hall–Kier alpha value is -1.95. The second kappa shape index (κ2) is 4.92. The molecule has 0 atom stereocenters. The summed E-state index contributed by atoms with van der Waals surface area (Å²) in [5.41, 5.74) is 0.745. The van der Waals surface area contributed by atoms with Crippen LogP contribution in [0.5, 0.6) is 11.8 Å². The SMILES string of the molecule is CNc1nc(Cl)nc(Oc2cccnc2C)n1. The van der Waals surface area contributed by atoms with Gasteiger partial charge in [-0.05, 0) is 30.7 Å². The van der Waals surface area contributed by atoms with Crippen molar-refractivity contribution in [2.75, 3.05) is 12.4 Å². The molecule has 0 bridgehead atoms. The standard InChI is InChI=1S/C10H10ClN5O/c1-6-7(4-3-5-13-6)17-10-15-8(11)14-9(12-2)16-10/h3-5H,1-2H3,(H,12,14,15,16). The Morgan fingerprint density at radius 3 is 2.82 bits per heavy atom. The first kappa shape index (κ1) is 11.5. The second-order valence-electron chi connectivity index (χ2n) is 3.15. The van der Waals surface area contributed by atoms with E-state index >= 15 is 0 Å². The Bertz CT molecular complexity index is 534. The van der Waals surface area contributed by atoms with Crippen LogP contribution in [-0.4, -0.2) is 27.0 Å². The summed E-state index contributed by atoms with van der Waals surface area (Å²) in [6.07, 6.45) is 1.68.